The molecule has 4 bridgehead atoms. The van der Waals surface area contributed by atoms with Crippen LogP contribution in [0.4, 0.5) is 9.59 Å². The molecule has 0 aromatic carbocycles. The summed E-state index contributed by atoms with van der Waals surface area (Å²) in [6.07, 6.45) is 4.28. The van der Waals surface area contributed by atoms with Crippen LogP contribution in [-0.4, -0.2) is 106 Å². The Morgan fingerprint density at radius 3 is 1.17 bits per heavy atom. The third-order valence-corrected chi connectivity index (χ3v) is 6.14. The Kier molecular flexibility index (Phi) is 9.95. The van der Waals surface area contributed by atoms with Gasteiger partial charge < -0.3 is 40.1 Å². The predicted molar refractivity (Wildman–Crippen MR) is 131 cm³/mol. The van der Waals surface area contributed by atoms with Gasteiger partial charge in [-0.25, -0.2) is 19.2 Å². The Hall–Kier alpha value is -2.60. The molecule has 6 rings (SSSR count). The van der Waals surface area contributed by atoms with E-state index >= 15 is 0 Å². The van der Waals surface area contributed by atoms with E-state index < -0.39 is 11.9 Å². The number of amides is 2. The Morgan fingerprint density at radius 2 is 1.00 bits per heavy atom. The van der Waals surface area contributed by atoms with Crippen LogP contribution in [0.5, 0.6) is 0 Å². The van der Waals surface area contributed by atoms with Crippen molar-refractivity contribution >= 4 is 24.1 Å². The maximum absolute atomic E-state index is 11.9. The van der Waals surface area contributed by atoms with E-state index in [4.69, 9.17) is 29.3 Å². The molecule has 0 radical (unpaired) electrons. The van der Waals surface area contributed by atoms with E-state index in [0.29, 0.717) is 24.2 Å². The van der Waals surface area contributed by atoms with Crippen molar-refractivity contribution in [1.29, 1.82) is 0 Å². The van der Waals surface area contributed by atoms with Crippen molar-refractivity contribution in [1.82, 2.24) is 20.4 Å². The van der Waals surface area contributed by atoms with Crippen LogP contribution in [0.3, 0.4) is 0 Å². The van der Waals surface area contributed by atoms with Crippen molar-refractivity contribution in [2.75, 3.05) is 26.2 Å². The average Bonchev–Trinajstić information content (AvgIpc) is 2.79. The van der Waals surface area contributed by atoms with Crippen molar-refractivity contribution in [2.24, 2.45) is 0 Å². The molecule has 2 amide bonds. The maximum Gasteiger partial charge on any atom is 0.414 e. The van der Waals surface area contributed by atoms with E-state index in [1.807, 2.05) is 51.3 Å². The molecule has 6 aliphatic heterocycles. The second-order valence-electron chi connectivity index (χ2n) is 11.5. The molecule has 4 N–H and O–H groups in total. The number of carbonyl (C=O) groups excluding carboxylic acids is 2. The summed E-state index contributed by atoms with van der Waals surface area (Å²) in [5, 5.41) is 21.6. The van der Waals surface area contributed by atoms with Crippen molar-refractivity contribution in [3.63, 3.8) is 0 Å². The molecule has 0 saturated carbocycles. The largest absolute Gasteiger partial charge is 0.473 e. The Labute approximate surface area is 212 Å². The lowest BCUT2D eigenvalue weighted by molar-refractivity contribution is -0.159. The third-order valence-electron chi connectivity index (χ3n) is 6.14. The zero-order chi connectivity index (χ0) is 27.3. The fourth-order valence-corrected chi connectivity index (χ4v) is 4.51. The topological polar surface area (TPSA) is 158 Å². The highest BCUT2D eigenvalue weighted by atomic mass is 16.6. The molecular weight excluding hydrogens is 472 g/mol. The highest BCUT2D eigenvalue weighted by molar-refractivity contribution is 6.27. The van der Waals surface area contributed by atoms with E-state index in [-0.39, 0.29) is 23.4 Å². The number of piperidine rings is 4. The van der Waals surface area contributed by atoms with Gasteiger partial charge in [0.05, 0.1) is 0 Å². The molecule has 6 saturated heterocycles. The van der Waals surface area contributed by atoms with Crippen molar-refractivity contribution in [3.05, 3.63) is 0 Å². The van der Waals surface area contributed by atoms with Gasteiger partial charge in [0.1, 0.15) is 11.2 Å². The number of hydrogen-bond donors (Lipinski definition) is 4. The molecule has 206 valence electrons. The fourth-order valence-electron chi connectivity index (χ4n) is 4.51. The molecule has 36 heavy (non-hydrogen) atoms. The number of aliphatic carboxylic acids is 2. The van der Waals surface area contributed by atoms with E-state index in [9.17, 15) is 9.59 Å². The Balaban J connectivity index is 0.000000208. The Bertz CT molecular complexity index is 725. The summed E-state index contributed by atoms with van der Waals surface area (Å²) in [7, 11) is 0. The van der Waals surface area contributed by atoms with Gasteiger partial charge in [-0.15, -0.1) is 0 Å². The van der Waals surface area contributed by atoms with Crippen molar-refractivity contribution < 1.29 is 38.9 Å². The SMILES string of the molecule is CC(C)(C)OC(=O)N1CC2CCC1CN2.CC(C)(C)OC(=O)N1CC2CCC1CN2.O=C(O)C(=O)O. The highest BCUT2D eigenvalue weighted by Crippen LogP contribution is 2.25. The smallest absolute Gasteiger partial charge is 0.414 e. The number of fused-ring (bicyclic) bond motifs is 6. The van der Waals surface area contributed by atoms with E-state index in [2.05, 4.69) is 10.6 Å². The number of carboxylic acids is 2. The summed E-state index contributed by atoms with van der Waals surface area (Å²) in [5.74, 6) is -3.65. The molecule has 6 heterocycles. The van der Waals surface area contributed by atoms with Crippen LogP contribution >= 0.6 is 0 Å². The minimum absolute atomic E-state index is 0.154. The predicted octanol–water partition coefficient (Wildman–Crippen LogP) is 1.87. The summed E-state index contributed by atoms with van der Waals surface area (Å²) in [4.78, 5) is 45.7. The van der Waals surface area contributed by atoms with Gasteiger partial charge in [-0.1, -0.05) is 0 Å². The molecule has 12 nitrogen and oxygen atoms in total. The van der Waals surface area contributed by atoms with Gasteiger partial charge in [0.15, 0.2) is 0 Å². The quantitative estimate of drug-likeness (QED) is 0.352. The molecule has 6 fully saturated rings. The van der Waals surface area contributed by atoms with Crippen LogP contribution in [0.25, 0.3) is 0 Å². The maximum atomic E-state index is 11.9. The molecule has 0 aromatic heterocycles. The molecule has 4 unspecified atom stereocenters. The first-order chi connectivity index (χ1) is 16.6. The minimum Gasteiger partial charge on any atom is -0.473 e. The first kappa shape index (κ1) is 29.6. The van der Waals surface area contributed by atoms with Crippen LogP contribution in [0.1, 0.15) is 67.2 Å². The summed E-state index contributed by atoms with van der Waals surface area (Å²) in [5.41, 5.74) is -0.775. The van der Waals surface area contributed by atoms with Gasteiger partial charge >= 0.3 is 24.1 Å². The van der Waals surface area contributed by atoms with Gasteiger partial charge in [0.2, 0.25) is 0 Å². The van der Waals surface area contributed by atoms with Crippen LogP contribution in [0, 0.1) is 0 Å². The van der Waals surface area contributed by atoms with Crippen molar-refractivity contribution in [3.8, 4) is 0 Å². The van der Waals surface area contributed by atoms with E-state index in [0.717, 1.165) is 39.0 Å². The lowest BCUT2D eigenvalue weighted by atomic mass is 9.93. The number of nitrogens with zero attached hydrogens (tertiary/aromatic N) is 2. The van der Waals surface area contributed by atoms with E-state index in [1.54, 1.807) is 0 Å². The van der Waals surface area contributed by atoms with Crippen LogP contribution in [-0.2, 0) is 19.1 Å². The molecule has 0 aliphatic carbocycles. The van der Waals surface area contributed by atoms with Crippen LogP contribution in [0.15, 0.2) is 0 Å². The monoisotopic (exact) mass is 514 g/mol. The summed E-state index contributed by atoms with van der Waals surface area (Å²) in [6.45, 7) is 14.9. The molecule has 4 atom stereocenters. The first-order valence-electron chi connectivity index (χ1n) is 12.5. The number of piperazine rings is 2. The molecule has 0 spiro atoms. The third kappa shape index (κ3) is 9.45. The molecule has 6 aliphatic rings. The van der Waals surface area contributed by atoms with Gasteiger partial charge in [0, 0.05) is 50.3 Å². The number of carboxylic acid groups (broad SMARTS) is 2. The Morgan fingerprint density at radius 1 is 0.667 bits per heavy atom. The number of hydrogen-bond acceptors (Lipinski definition) is 8. The molecular formula is C24H42N4O8. The first-order valence-corrected chi connectivity index (χ1v) is 12.5. The second kappa shape index (κ2) is 12.1. The summed E-state index contributed by atoms with van der Waals surface area (Å²) < 4.78 is 10.8. The lowest BCUT2D eigenvalue weighted by Gasteiger charge is -2.45. The van der Waals surface area contributed by atoms with Crippen molar-refractivity contribution in [2.45, 2.75) is 103 Å². The van der Waals surface area contributed by atoms with Crippen LogP contribution in [0.2, 0.25) is 0 Å². The number of nitrogens with one attached hydrogen (secondary N) is 2. The standard InChI is InChI=1S/2C11H20N2O2.C2H2O4/c2*1-11(2,3)15-10(14)13-7-8-4-5-9(13)6-12-8;3-1(4)2(5)6/h2*8-9,12H,4-7H2,1-3H3;(H,3,4)(H,5,6). The summed E-state index contributed by atoms with van der Waals surface area (Å²) >= 11 is 0. The minimum atomic E-state index is -1.82. The normalized spacial score (nSPS) is 26.6. The average molecular weight is 515 g/mol. The van der Waals surface area contributed by atoms with Crippen LogP contribution < -0.4 is 10.6 Å². The highest BCUT2D eigenvalue weighted by Gasteiger charge is 2.39. The number of carbonyl (C=O) groups is 4. The van der Waals surface area contributed by atoms with Gasteiger partial charge in [-0.3, -0.25) is 0 Å². The fraction of sp³-hybridized carbons (Fsp3) is 0.833. The number of rotatable bonds is 0. The van der Waals surface area contributed by atoms with Gasteiger partial charge in [-0.05, 0) is 67.2 Å². The lowest BCUT2D eigenvalue weighted by Crippen LogP contribution is -2.62. The van der Waals surface area contributed by atoms with Gasteiger partial charge in [-0.2, -0.15) is 0 Å². The van der Waals surface area contributed by atoms with Gasteiger partial charge in [0.25, 0.3) is 0 Å². The van der Waals surface area contributed by atoms with E-state index in [1.165, 1.54) is 12.8 Å². The zero-order valence-electron chi connectivity index (χ0n) is 22.2. The zero-order valence-corrected chi connectivity index (χ0v) is 22.2. The second-order valence-corrected chi connectivity index (χ2v) is 11.5. The molecule has 0 aromatic rings. The molecule has 12 heteroatoms. The summed E-state index contributed by atoms with van der Waals surface area (Å²) in [6, 6.07) is 1.62. The number of ether oxygens (including phenoxy) is 2.